The molecule has 0 unspecified atom stereocenters. The Balaban J connectivity index is 1.63. The van der Waals surface area contributed by atoms with E-state index in [0.29, 0.717) is 12.3 Å². The first-order valence-corrected chi connectivity index (χ1v) is 11.0. The van der Waals surface area contributed by atoms with E-state index in [1.54, 1.807) is 12.4 Å². The molecule has 3 heterocycles. The first kappa shape index (κ1) is 21.0. The van der Waals surface area contributed by atoms with Gasteiger partial charge in [-0.1, -0.05) is 25.1 Å². The van der Waals surface area contributed by atoms with Gasteiger partial charge in [0.1, 0.15) is 11.6 Å². The number of carbonyl (C=O) groups excluding carboxylic acids is 1. The summed E-state index contributed by atoms with van der Waals surface area (Å²) in [6.07, 6.45) is 10.2. The van der Waals surface area contributed by atoms with Crippen LogP contribution in [0.3, 0.4) is 0 Å². The molecule has 0 aliphatic carbocycles. The van der Waals surface area contributed by atoms with Crippen LogP contribution >= 0.6 is 0 Å². The van der Waals surface area contributed by atoms with Gasteiger partial charge in [0.2, 0.25) is 0 Å². The largest absolute Gasteiger partial charge is 0.484 e. The Morgan fingerprint density at radius 3 is 2.71 bits per heavy atom. The molecule has 1 atom stereocenters. The van der Waals surface area contributed by atoms with Crippen LogP contribution < -0.4 is 4.74 Å². The second-order valence-electron chi connectivity index (χ2n) is 7.77. The zero-order chi connectivity index (χ0) is 21.5. The number of piperidine rings is 1. The SMILES string of the molecule is CCCc1ncc(-c2ccncc2)c([C@H]2CCCCN2C(=O)COc2ccccc2)n1. The van der Waals surface area contributed by atoms with Crippen LogP contribution in [0.15, 0.2) is 61.1 Å². The molecule has 0 radical (unpaired) electrons. The maximum atomic E-state index is 13.2. The van der Waals surface area contributed by atoms with E-state index in [1.807, 2.05) is 53.6 Å². The standard InChI is InChI=1S/C25H28N4O2/c1-2-8-23-27-17-21(19-12-14-26-15-13-19)25(28-23)22-11-6-7-16-29(22)24(30)18-31-20-9-4-3-5-10-20/h3-5,9-10,12-15,17,22H,2,6-8,11,16,18H2,1H3/t22-/m1/s1. The quantitative estimate of drug-likeness (QED) is 0.562. The van der Waals surface area contributed by atoms with Crippen molar-refractivity contribution in [1.82, 2.24) is 19.9 Å². The third-order valence-corrected chi connectivity index (χ3v) is 5.58. The highest BCUT2D eigenvalue weighted by Crippen LogP contribution is 2.35. The molecule has 3 aromatic rings. The maximum absolute atomic E-state index is 13.2. The van der Waals surface area contributed by atoms with Crippen LogP contribution in [0.1, 0.15) is 50.2 Å². The lowest BCUT2D eigenvalue weighted by molar-refractivity contribution is -0.137. The topological polar surface area (TPSA) is 68.2 Å². The molecule has 2 aromatic heterocycles. The summed E-state index contributed by atoms with van der Waals surface area (Å²) in [7, 11) is 0. The van der Waals surface area contributed by atoms with Crippen molar-refractivity contribution >= 4 is 5.91 Å². The third-order valence-electron chi connectivity index (χ3n) is 5.58. The summed E-state index contributed by atoms with van der Waals surface area (Å²) in [5, 5.41) is 0. The van der Waals surface area contributed by atoms with Crippen LogP contribution in [0.4, 0.5) is 0 Å². The van der Waals surface area contributed by atoms with Gasteiger partial charge in [-0.25, -0.2) is 9.97 Å². The number of pyridine rings is 1. The molecule has 0 N–H and O–H groups in total. The Hall–Kier alpha value is -3.28. The Labute approximate surface area is 183 Å². The van der Waals surface area contributed by atoms with E-state index in [9.17, 15) is 4.79 Å². The van der Waals surface area contributed by atoms with Crippen LogP contribution in [-0.2, 0) is 11.2 Å². The van der Waals surface area contributed by atoms with Crippen molar-refractivity contribution in [1.29, 1.82) is 0 Å². The Bertz CT molecular complexity index is 995. The Kier molecular flexibility index (Phi) is 6.87. The number of rotatable bonds is 7. The molecule has 4 rings (SSSR count). The van der Waals surface area contributed by atoms with Gasteiger partial charge in [0, 0.05) is 37.1 Å². The summed E-state index contributed by atoms with van der Waals surface area (Å²) in [5.74, 6) is 1.52. The number of amides is 1. The molecule has 1 fully saturated rings. The molecule has 1 aliphatic heterocycles. The van der Waals surface area contributed by atoms with E-state index in [0.717, 1.165) is 54.7 Å². The van der Waals surface area contributed by atoms with Crippen molar-refractivity contribution in [2.24, 2.45) is 0 Å². The fourth-order valence-electron chi connectivity index (χ4n) is 4.04. The Morgan fingerprint density at radius 1 is 1.13 bits per heavy atom. The predicted octanol–water partition coefficient (Wildman–Crippen LogP) is 4.62. The molecule has 1 amide bonds. The molecule has 0 saturated carbocycles. The van der Waals surface area contributed by atoms with Crippen LogP contribution in [0.5, 0.6) is 5.75 Å². The van der Waals surface area contributed by atoms with E-state index in [4.69, 9.17) is 9.72 Å². The monoisotopic (exact) mass is 416 g/mol. The lowest BCUT2D eigenvalue weighted by atomic mass is 9.94. The van der Waals surface area contributed by atoms with E-state index in [-0.39, 0.29) is 18.6 Å². The van der Waals surface area contributed by atoms with Crippen molar-refractivity contribution < 1.29 is 9.53 Å². The fourth-order valence-corrected chi connectivity index (χ4v) is 4.04. The van der Waals surface area contributed by atoms with Crippen molar-refractivity contribution in [2.45, 2.75) is 45.1 Å². The fraction of sp³-hybridized carbons (Fsp3) is 0.360. The van der Waals surface area contributed by atoms with Gasteiger partial charge in [-0.15, -0.1) is 0 Å². The summed E-state index contributed by atoms with van der Waals surface area (Å²) in [6, 6.07) is 13.3. The van der Waals surface area contributed by atoms with Gasteiger partial charge in [0.25, 0.3) is 5.91 Å². The van der Waals surface area contributed by atoms with Gasteiger partial charge in [0.15, 0.2) is 6.61 Å². The van der Waals surface area contributed by atoms with Crippen LogP contribution in [0.2, 0.25) is 0 Å². The van der Waals surface area contributed by atoms with Crippen molar-refractivity contribution in [3.63, 3.8) is 0 Å². The van der Waals surface area contributed by atoms with E-state index >= 15 is 0 Å². The minimum atomic E-state index is -0.0811. The second-order valence-corrected chi connectivity index (χ2v) is 7.77. The molecule has 31 heavy (non-hydrogen) atoms. The summed E-state index contributed by atoms with van der Waals surface area (Å²) in [4.78, 5) is 28.8. The van der Waals surface area contributed by atoms with Crippen molar-refractivity contribution in [3.05, 3.63) is 72.6 Å². The highest BCUT2D eigenvalue weighted by atomic mass is 16.5. The van der Waals surface area contributed by atoms with Crippen molar-refractivity contribution in [3.8, 4) is 16.9 Å². The first-order chi connectivity index (χ1) is 15.3. The van der Waals surface area contributed by atoms with E-state index in [2.05, 4.69) is 16.9 Å². The van der Waals surface area contributed by atoms with E-state index in [1.165, 1.54) is 0 Å². The van der Waals surface area contributed by atoms with E-state index < -0.39 is 0 Å². The van der Waals surface area contributed by atoms with Gasteiger partial charge in [-0.3, -0.25) is 9.78 Å². The highest BCUT2D eigenvalue weighted by Gasteiger charge is 2.31. The molecule has 0 spiro atoms. The van der Waals surface area contributed by atoms with Crippen LogP contribution in [0, 0.1) is 0 Å². The zero-order valence-corrected chi connectivity index (χ0v) is 17.9. The lowest BCUT2D eigenvalue weighted by Crippen LogP contribution is -2.41. The summed E-state index contributed by atoms with van der Waals surface area (Å²) in [5.41, 5.74) is 2.92. The number of para-hydroxylation sites is 1. The second kappa shape index (κ2) is 10.2. The number of aromatic nitrogens is 3. The number of likely N-dealkylation sites (tertiary alicyclic amines) is 1. The number of carbonyl (C=O) groups is 1. The molecule has 160 valence electrons. The molecular weight excluding hydrogens is 388 g/mol. The third kappa shape index (κ3) is 5.08. The van der Waals surface area contributed by atoms with Crippen LogP contribution in [0.25, 0.3) is 11.1 Å². The number of benzene rings is 1. The minimum absolute atomic E-state index is 0.00937. The maximum Gasteiger partial charge on any atom is 0.261 e. The average Bonchev–Trinajstić information content (AvgIpc) is 2.84. The molecule has 0 bridgehead atoms. The normalized spacial score (nSPS) is 16.2. The smallest absolute Gasteiger partial charge is 0.261 e. The summed E-state index contributed by atoms with van der Waals surface area (Å²) < 4.78 is 5.75. The zero-order valence-electron chi connectivity index (χ0n) is 17.9. The van der Waals surface area contributed by atoms with Crippen LogP contribution in [-0.4, -0.2) is 38.9 Å². The number of hydrogen-bond donors (Lipinski definition) is 0. The molecule has 1 aliphatic rings. The molecule has 6 heteroatoms. The number of ether oxygens (including phenoxy) is 1. The summed E-state index contributed by atoms with van der Waals surface area (Å²) >= 11 is 0. The highest BCUT2D eigenvalue weighted by molar-refractivity contribution is 5.79. The van der Waals surface area contributed by atoms with Crippen molar-refractivity contribution in [2.75, 3.05) is 13.2 Å². The number of hydrogen-bond acceptors (Lipinski definition) is 5. The predicted molar refractivity (Wildman–Crippen MR) is 120 cm³/mol. The Morgan fingerprint density at radius 2 is 1.94 bits per heavy atom. The summed E-state index contributed by atoms with van der Waals surface area (Å²) in [6.45, 7) is 2.86. The first-order valence-electron chi connectivity index (χ1n) is 11.0. The molecule has 1 saturated heterocycles. The molecule has 6 nitrogen and oxygen atoms in total. The van der Waals surface area contributed by atoms with Gasteiger partial charge in [-0.2, -0.15) is 0 Å². The number of nitrogens with zero attached hydrogens (tertiary/aromatic N) is 4. The van der Waals surface area contributed by atoms with Gasteiger partial charge in [0.05, 0.1) is 11.7 Å². The number of aryl methyl sites for hydroxylation is 1. The lowest BCUT2D eigenvalue weighted by Gasteiger charge is -2.36. The molecular formula is C25H28N4O2. The minimum Gasteiger partial charge on any atom is -0.484 e. The molecule has 1 aromatic carbocycles. The van der Waals surface area contributed by atoms with Gasteiger partial charge < -0.3 is 9.64 Å². The average molecular weight is 417 g/mol. The van der Waals surface area contributed by atoms with Gasteiger partial charge in [-0.05, 0) is 55.5 Å². The van der Waals surface area contributed by atoms with Gasteiger partial charge >= 0.3 is 0 Å².